The van der Waals surface area contributed by atoms with Crippen LogP contribution in [0, 0.1) is 5.41 Å². The molecular weight excluding hydrogens is 214 g/mol. The van der Waals surface area contributed by atoms with Gasteiger partial charge in [0.15, 0.2) is 0 Å². The molecule has 0 radical (unpaired) electrons. The SMILES string of the molecule is CC(C)(C)CCC(=O)Nc1ccccc1CO. The number of aliphatic hydroxyl groups excluding tert-OH is 1. The van der Waals surface area contributed by atoms with Gasteiger partial charge in [0.2, 0.25) is 5.91 Å². The number of anilines is 1. The molecule has 0 spiro atoms. The number of rotatable bonds is 4. The van der Waals surface area contributed by atoms with Crippen LogP contribution >= 0.6 is 0 Å². The molecule has 0 heterocycles. The molecule has 0 aliphatic rings. The summed E-state index contributed by atoms with van der Waals surface area (Å²) in [5.41, 5.74) is 1.61. The summed E-state index contributed by atoms with van der Waals surface area (Å²) in [4.78, 5) is 11.7. The molecule has 0 aliphatic heterocycles. The number of para-hydroxylation sites is 1. The Bertz CT molecular complexity index is 380. The van der Waals surface area contributed by atoms with Crippen molar-refractivity contribution in [2.45, 2.75) is 40.2 Å². The lowest BCUT2D eigenvalue weighted by Gasteiger charge is -2.17. The van der Waals surface area contributed by atoms with Crippen molar-refractivity contribution < 1.29 is 9.90 Å². The Balaban J connectivity index is 2.56. The van der Waals surface area contributed by atoms with E-state index in [-0.39, 0.29) is 17.9 Å². The number of hydrogen-bond acceptors (Lipinski definition) is 2. The molecule has 0 unspecified atom stereocenters. The van der Waals surface area contributed by atoms with E-state index < -0.39 is 0 Å². The average Bonchev–Trinajstić information content (AvgIpc) is 2.26. The monoisotopic (exact) mass is 235 g/mol. The van der Waals surface area contributed by atoms with Crippen molar-refractivity contribution in [2.24, 2.45) is 5.41 Å². The minimum absolute atomic E-state index is 0.000764. The molecule has 0 bridgehead atoms. The van der Waals surface area contributed by atoms with Gasteiger partial charge in [-0.25, -0.2) is 0 Å². The molecule has 94 valence electrons. The molecule has 1 aromatic rings. The maximum Gasteiger partial charge on any atom is 0.224 e. The first-order chi connectivity index (χ1) is 7.92. The zero-order chi connectivity index (χ0) is 12.9. The van der Waals surface area contributed by atoms with Crippen molar-refractivity contribution in [2.75, 3.05) is 5.32 Å². The molecular formula is C14H21NO2. The quantitative estimate of drug-likeness (QED) is 0.843. The summed E-state index contributed by atoms with van der Waals surface area (Å²) in [6.45, 7) is 6.28. The predicted octanol–water partition coefficient (Wildman–Crippen LogP) is 2.94. The second-order valence-electron chi connectivity index (χ2n) is 5.42. The second-order valence-corrected chi connectivity index (χ2v) is 5.42. The fourth-order valence-electron chi connectivity index (χ4n) is 1.48. The summed E-state index contributed by atoms with van der Waals surface area (Å²) >= 11 is 0. The fraction of sp³-hybridized carbons (Fsp3) is 0.500. The molecule has 3 nitrogen and oxygen atoms in total. The Morgan fingerprint density at radius 1 is 1.29 bits per heavy atom. The van der Waals surface area contributed by atoms with Crippen molar-refractivity contribution >= 4 is 11.6 Å². The van der Waals surface area contributed by atoms with E-state index in [1.54, 1.807) is 12.1 Å². The van der Waals surface area contributed by atoms with Gasteiger partial charge >= 0.3 is 0 Å². The maximum atomic E-state index is 11.7. The van der Waals surface area contributed by atoms with E-state index in [1.807, 2.05) is 12.1 Å². The molecule has 0 atom stereocenters. The van der Waals surface area contributed by atoms with Crippen LogP contribution < -0.4 is 5.32 Å². The average molecular weight is 235 g/mol. The van der Waals surface area contributed by atoms with Gasteiger partial charge in [0, 0.05) is 17.7 Å². The minimum Gasteiger partial charge on any atom is -0.392 e. The van der Waals surface area contributed by atoms with E-state index in [9.17, 15) is 4.79 Å². The highest BCUT2D eigenvalue weighted by atomic mass is 16.3. The molecule has 0 fully saturated rings. The topological polar surface area (TPSA) is 49.3 Å². The lowest BCUT2D eigenvalue weighted by atomic mass is 9.90. The number of nitrogens with one attached hydrogen (secondary N) is 1. The first-order valence-electron chi connectivity index (χ1n) is 5.91. The smallest absolute Gasteiger partial charge is 0.224 e. The third kappa shape index (κ3) is 5.00. The molecule has 0 aromatic heterocycles. The first-order valence-corrected chi connectivity index (χ1v) is 5.91. The number of benzene rings is 1. The zero-order valence-corrected chi connectivity index (χ0v) is 10.8. The summed E-state index contributed by atoms with van der Waals surface area (Å²) in [7, 11) is 0. The van der Waals surface area contributed by atoms with Gasteiger partial charge in [0.05, 0.1) is 6.61 Å². The fourth-order valence-corrected chi connectivity index (χ4v) is 1.48. The van der Waals surface area contributed by atoms with Gasteiger partial charge in [-0.1, -0.05) is 39.0 Å². The number of hydrogen-bond donors (Lipinski definition) is 2. The molecule has 1 amide bonds. The minimum atomic E-state index is -0.0598. The van der Waals surface area contributed by atoms with Crippen molar-refractivity contribution in [3.8, 4) is 0 Å². The lowest BCUT2D eigenvalue weighted by molar-refractivity contribution is -0.116. The zero-order valence-electron chi connectivity index (χ0n) is 10.8. The van der Waals surface area contributed by atoms with Crippen LogP contribution in [0.25, 0.3) is 0 Å². The molecule has 3 heteroatoms. The Kier molecular flexibility index (Phi) is 4.70. The van der Waals surface area contributed by atoms with Gasteiger partial charge in [0.25, 0.3) is 0 Å². The van der Waals surface area contributed by atoms with Gasteiger partial charge < -0.3 is 10.4 Å². The second kappa shape index (κ2) is 5.82. The largest absolute Gasteiger partial charge is 0.392 e. The standard InChI is InChI=1S/C14H21NO2/c1-14(2,3)9-8-13(17)15-12-7-5-4-6-11(12)10-16/h4-7,16H,8-10H2,1-3H3,(H,15,17). The van der Waals surface area contributed by atoms with Crippen LogP contribution in [0.2, 0.25) is 0 Å². The van der Waals surface area contributed by atoms with Crippen molar-refractivity contribution in [3.63, 3.8) is 0 Å². The number of aliphatic hydroxyl groups is 1. The number of carbonyl (C=O) groups is 1. The third-order valence-corrected chi connectivity index (χ3v) is 2.56. The summed E-state index contributed by atoms with van der Waals surface area (Å²) in [5, 5.41) is 12.0. The van der Waals surface area contributed by atoms with Crippen molar-refractivity contribution in [1.29, 1.82) is 0 Å². The third-order valence-electron chi connectivity index (χ3n) is 2.56. The van der Waals surface area contributed by atoms with E-state index in [4.69, 9.17) is 5.11 Å². The van der Waals surface area contributed by atoms with Crippen molar-refractivity contribution in [3.05, 3.63) is 29.8 Å². The van der Waals surface area contributed by atoms with Crippen LogP contribution in [0.3, 0.4) is 0 Å². The van der Waals surface area contributed by atoms with Gasteiger partial charge in [-0.05, 0) is 17.9 Å². The van der Waals surface area contributed by atoms with Gasteiger partial charge in [-0.15, -0.1) is 0 Å². The predicted molar refractivity (Wildman–Crippen MR) is 69.7 cm³/mol. The van der Waals surface area contributed by atoms with Crippen LogP contribution in [0.5, 0.6) is 0 Å². The summed E-state index contributed by atoms with van der Waals surface area (Å²) in [5.74, 6) is 0.000764. The maximum absolute atomic E-state index is 11.7. The first kappa shape index (κ1) is 13.7. The van der Waals surface area contributed by atoms with Crippen LogP contribution in [-0.2, 0) is 11.4 Å². The Hall–Kier alpha value is -1.35. The van der Waals surface area contributed by atoms with E-state index in [1.165, 1.54) is 0 Å². The highest BCUT2D eigenvalue weighted by Crippen LogP contribution is 2.21. The molecule has 2 N–H and O–H groups in total. The molecule has 0 saturated carbocycles. The molecule has 1 rings (SSSR count). The number of amides is 1. The van der Waals surface area contributed by atoms with Gasteiger partial charge in [-0.3, -0.25) is 4.79 Å². The molecule has 0 aliphatic carbocycles. The van der Waals surface area contributed by atoms with Crippen molar-refractivity contribution in [1.82, 2.24) is 0 Å². The van der Waals surface area contributed by atoms with E-state index >= 15 is 0 Å². The van der Waals surface area contributed by atoms with Crippen LogP contribution in [-0.4, -0.2) is 11.0 Å². The Morgan fingerprint density at radius 2 is 1.94 bits per heavy atom. The van der Waals surface area contributed by atoms with E-state index in [2.05, 4.69) is 26.1 Å². The molecule has 0 saturated heterocycles. The van der Waals surface area contributed by atoms with Crippen LogP contribution in [0.15, 0.2) is 24.3 Å². The Labute approximate surface area is 103 Å². The normalized spacial score (nSPS) is 11.3. The highest BCUT2D eigenvalue weighted by molar-refractivity contribution is 5.91. The Morgan fingerprint density at radius 3 is 2.53 bits per heavy atom. The van der Waals surface area contributed by atoms with Crippen LogP contribution in [0.4, 0.5) is 5.69 Å². The highest BCUT2D eigenvalue weighted by Gasteiger charge is 2.13. The molecule has 1 aromatic carbocycles. The summed E-state index contributed by atoms with van der Waals surface area (Å²) in [6, 6.07) is 7.30. The lowest BCUT2D eigenvalue weighted by Crippen LogP contribution is -2.16. The summed E-state index contributed by atoms with van der Waals surface area (Å²) in [6.07, 6.45) is 1.35. The van der Waals surface area contributed by atoms with E-state index in [0.717, 1.165) is 12.0 Å². The van der Waals surface area contributed by atoms with Crippen LogP contribution in [0.1, 0.15) is 39.2 Å². The summed E-state index contributed by atoms with van der Waals surface area (Å²) < 4.78 is 0. The van der Waals surface area contributed by atoms with E-state index in [0.29, 0.717) is 12.1 Å². The van der Waals surface area contributed by atoms with Gasteiger partial charge in [0.1, 0.15) is 0 Å². The molecule has 17 heavy (non-hydrogen) atoms. The number of carbonyl (C=O) groups excluding carboxylic acids is 1. The van der Waals surface area contributed by atoms with Gasteiger partial charge in [-0.2, -0.15) is 0 Å².